The van der Waals surface area contributed by atoms with Crippen LogP contribution in [-0.2, 0) is 4.79 Å². The van der Waals surface area contributed by atoms with Crippen molar-refractivity contribution < 1.29 is 14.3 Å². The first-order valence-corrected chi connectivity index (χ1v) is 7.73. The highest BCUT2D eigenvalue weighted by Gasteiger charge is 2.21. The standard InChI is InChI=1S/C17H18ClN3O3/c1-10(2)24-17-13(18)8-12(9-20-17)16(23)21-14(15(19)22)11-6-4-3-5-7-11/h3-10,14H,1-2H3,(H2,19,22)(H,21,23). The Balaban J connectivity index is 2.19. The molecule has 6 nitrogen and oxygen atoms in total. The summed E-state index contributed by atoms with van der Waals surface area (Å²) in [6, 6.07) is 9.23. The minimum Gasteiger partial charge on any atom is -0.474 e. The van der Waals surface area contributed by atoms with Gasteiger partial charge in [-0.05, 0) is 25.5 Å². The quantitative estimate of drug-likeness (QED) is 0.839. The molecule has 0 aliphatic heterocycles. The van der Waals surface area contributed by atoms with Crippen LogP contribution in [0.5, 0.6) is 5.88 Å². The van der Waals surface area contributed by atoms with Crippen LogP contribution in [0.3, 0.4) is 0 Å². The van der Waals surface area contributed by atoms with E-state index in [-0.39, 0.29) is 22.6 Å². The van der Waals surface area contributed by atoms with Gasteiger partial charge in [0.05, 0.1) is 11.7 Å². The van der Waals surface area contributed by atoms with Gasteiger partial charge in [-0.1, -0.05) is 41.9 Å². The number of hydrogen-bond acceptors (Lipinski definition) is 4. The number of hydrogen-bond donors (Lipinski definition) is 2. The number of rotatable bonds is 6. The maximum absolute atomic E-state index is 12.4. The normalized spacial score (nSPS) is 11.8. The van der Waals surface area contributed by atoms with Gasteiger partial charge >= 0.3 is 0 Å². The lowest BCUT2D eigenvalue weighted by molar-refractivity contribution is -0.120. The third-order valence-electron chi connectivity index (χ3n) is 3.11. The number of carbonyl (C=O) groups is 2. The number of primary amides is 1. The SMILES string of the molecule is CC(C)Oc1ncc(C(=O)NC(C(N)=O)c2ccccc2)cc1Cl. The number of nitrogens with one attached hydrogen (secondary N) is 1. The van der Waals surface area contributed by atoms with E-state index in [0.29, 0.717) is 5.56 Å². The Morgan fingerprint density at radius 3 is 2.46 bits per heavy atom. The summed E-state index contributed by atoms with van der Waals surface area (Å²) in [5.41, 5.74) is 6.19. The molecule has 3 N–H and O–H groups in total. The highest BCUT2D eigenvalue weighted by molar-refractivity contribution is 6.32. The summed E-state index contributed by atoms with van der Waals surface area (Å²) < 4.78 is 5.42. The highest BCUT2D eigenvalue weighted by atomic mass is 35.5. The highest BCUT2D eigenvalue weighted by Crippen LogP contribution is 2.23. The molecule has 7 heteroatoms. The molecule has 1 heterocycles. The average Bonchev–Trinajstić information content (AvgIpc) is 2.54. The van der Waals surface area contributed by atoms with Crippen molar-refractivity contribution in [3.05, 3.63) is 58.7 Å². The number of carbonyl (C=O) groups excluding carboxylic acids is 2. The molecule has 0 saturated carbocycles. The fraction of sp³-hybridized carbons (Fsp3) is 0.235. The first-order valence-electron chi connectivity index (χ1n) is 7.35. The molecule has 1 atom stereocenters. The first kappa shape index (κ1) is 17.7. The van der Waals surface area contributed by atoms with Gasteiger partial charge in [0.2, 0.25) is 11.8 Å². The Kier molecular flexibility index (Phi) is 5.76. The van der Waals surface area contributed by atoms with Crippen LogP contribution in [-0.4, -0.2) is 22.9 Å². The molecule has 0 fully saturated rings. The van der Waals surface area contributed by atoms with Crippen LogP contribution >= 0.6 is 11.6 Å². The maximum Gasteiger partial charge on any atom is 0.253 e. The van der Waals surface area contributed by atoms with E-state index in [1.54, 1.807) is 30.3 Å². The Bertz CT molecular complexity index is 735. The Labute approximate surface area is 145 Å². The van der Waals surface area contributed by atoms with E-state index in [0.717, 1.165) is 0 Å². The van der Waals surface area contributed by atoms with Crippen LogP contribution in [0, 0.1) is 0 Å². The van der Waals surface area contributed by atoms with Crippen molar-refractivity contribution >= 4 is 23.4 Å². The average molecular weight is 348 g/mol. The van der Waals surface area contributed by atoms with Crippen LogP contribution in [0.15, 0.2) is 42.6 Å². The van der Waals surface area contributed by atoms with Gasteiger partial charge in [-0.3, -0.25) is 9.59 Å². The molecule has 1 unspecified atom stereocenters. The zero-order valence-electron chi connectivity index (χ0n) is 13.3. The second kappa shape index (κ2) is 7.79. The van der Waals surface area contributed by atoms with Gasteiger partial charge in [0, 0.05) is 6.20 Å². The van der Waals surface area contributed by atoms with Gasteiger partial charge in [0.1, 0.15) is 11.1 Å². The summed E-state index contributed by atoms with van der Waals surface area (Å²) in [6.45, 7) is 3.69. The second-order valence-corrected chi connectivity index (χ2v) is 5.80. The molecular formula is C17H18ClN3O3. The number of nitrogens with two attached hydrogens (primary N) is 1. The van der Waals surface area contributed by atoms with Gasteiger partial charge < -0.3 is 15.8 Å². The van der Waals surface area contributed by atoms with E-state index in [1.807, 2.05) is 13.8 Å². The third-order valence-corrected chi connectivity index (χ3v) is 3.38. The van der Waals surface area contributed by atoms with Gasteiger partial charge in [0.25, 0.3) is 5.91 Å². The zero-order valence-corrected chi connectivity index (χ0v) is 14.1. The van der Waals surface area contributed by atoms with Crippen molar-refractivity contribution in [2.75, 3.05) is 0 Å². The van der Waals surface area contributed by atoms with E-state index >= 15 is 0 Å². The fourth-order valence-corrected chi connectivity index (χ4v) is 2.25. The predicted molar refractivity (Wildman–Crippen MR) is 90.9 cm³/mol. The molecule has 0 aliphatic carbocycles. The van der Waals surface area contributed by atoms with Gasteiger partial charge in [-0.25, -0.2) is 4.98 Å². The summed E-state index contributed by atoms with van der Waals surface area (Å²) in [7, 11) is 0. The molecule has 24 heavy (non-hydrogen) atoms. The van der Waals surface area contributed by atoms with Crippen molar-refractivity contribution in [3.63, 3.8) is 0 Å². The number of amides is 2. The van der Waals surface area contributed by atoms with Gasteiger partial charge in [0.15, 0.2) is 0 Å². The molecule has 2 rings (SSSR count). The van der Waals surface area contributed by atoms with Gasteiger partial charge in [-0.2, -0.15) is 0 Å². The molecule has 1 aromatic heterocycles. The molecule has 2 aromatic rings. The molecular weight excluding hydrogens is 330 g/mol. The van der Waals surface area contributed by atoms with E-state index in [2.05, 4.69) is 10.3 Å². The predicted octanol–water partition coefficient (Wildman–Crippen LogP) is 2.48. The van der Waals surface area contributed by atoms with E-state index in [9.17, 15) is 9.59 Å². The van der Waals surface area contributed by atoms with Crippen molar-refractivity contribution in [1.82, 2.24) is 10.3 Å². The first-order chi connectivity index (χ1) is 11.4. The van der Waals surface area contributed by atoms with E-state index < -0.39 is 17.9 Å². The Hall–Kier alpha value is -2.60. The smallest absolute Gasteiger partial charge is 0.253 e. The lowest BCUT2D eigenvalue weighted by Gasteiger charge is -2.16. The lowest BCUT2D eigenvalue weighted by Crippen LogP contribution is -2.37. The Morgan fingerprint density at radius 1 is 1.25 bits per heavy atom. The van der Waals surface area contributed by atoms with Crippen molar-refractivity contribution in [2.24, 2.45) is 5.73 Å². The van der Waals surface area contributed by atoms with Crippen LogP contribution in [0.2, 0.25) is 5.02 Å². The number of pyridine rings is 1. The number of benzene rings is 1. The summed E-state index contributed by atoms with van der Waals surface area (Å²) in [6.07, 6.45) is 1.24. The van der Waals surface area contributed by atoms with Crippen LogP contribution < -0.4 is 15.8 Å². The summed E-state index contributed by atoms with van der Waals surface area (Å²) in [4.78, 5) is 28.0. The number of aromatic nitrogens is 1. The van der Waals surface area contributed by atoms with Crippen molar-refractivity contribution in [1.29, 1.82) is 0 Å². The molecule has 126 valence electrons. The van der Waals surface area contributed by atoms with Crippen LogP contribution in [0.25, 0.3) is 0 Å². The van der Waals surface area contributed by atoms with E-state index in [4.69, 9.17) is 22.1 Å². The van der Waals surface area contributed by atoms with Crippen molar-refractivity contribution in [3.8, 4) is 5.88 Å². The van der Waals surface area contributed by atoms with Gasteiger partial charge in [-0.15, -0.1) is 0 Å². The summed E-state index contributed by atoms with van der Waals surface area (Å²) in [5.74, 6) is -0.917. The second-order valence-electron chi connectivity index (χ2n) is 5.40. The summed E-state index contributed by atoms with van der Waals surface area (Å²) >= 11 is 6.07. The number of nitrogens with zero attached hydrogens (tertiary/aromatic N) is 1. The zero-order chi connectivity index (χ0) is 17.7. The topological polar surface area (TPSA) is 94.3 Å². The minimum absolute atomic E-state index is 0.0907. The van der Waals surface area contributed by atoms with E-state index in [1.165, 1.54) is 12.3 Å². The third kappa shape index (κ3) is 4.45. The van der Waals surface area contributed by atoms with Crippen molar-refractivity contribution in [2.45, 2.75) is 26.0 Å². The number of ether oxygens (including phenoxy) is 1. The molecule has 0 radical (unpaired) electrons. The maximum atomic E-state index is 12.4. The molecule has 0 saturated heterocycles. The molecule has 0 bridgehead atoms. The molecule has 2 amide bonds. The number of halogens is 1. The molecule has 1 aromatic carbocycles. The minimum atomic E-state index is -0.941. The summed E-state index contributed by atoms with van der Waals surface area (Å²) in [5, 5.41) is 2.80. The Morgan fingerprint density at radius 2 is 1.92 bits per heavy atom. The molecule has 0 aliphatic rings. The fourth-order valence-electron chi connectivity index (χ4n) is 2.04. The van der Waals surface area contributed by atoms with Crippen LogP contribution in [0.1, 0.15) is 35.8 Å². The largest absolute Gasteiger partial charge is 0.474 e. The molecule has 0 spiro atoms. The lowest BCUT2D eigenvalue weighted by atomic mass is 10.1. The monoisotopic (exact) mass is 347 g/mol. The van der Waals surface area contributed by atoms with Crippen LogP contribution in [0.4, 0.5) is 0 Å².